The van der Waals surface area contributed by atoms with Crippen molar-refractivity contribution < 1.29 is 9.53 Å². The Hall–Kier alpha value is -2.86. The first kappa shape index (κ1) is 18.5. The fourth-order valence-electron chi connectivity index (χ4n) is 3.48. The maximum atomic E-state index is 12.7. The zero-order chi connectivity index (χ0) is 19.5. The molecule has 2 aromatic carbocycles. The van der Waals surface area contributed by atoms with E-state index in [9.17, 15) is 4.79 Å². The van der Waals surface area contributed by atoms with Crippen LogP contribution in [-0.4, -0.2) is 32.3 Å². The first-order chi connectivity index (χ1) is 13.6. The van der Waals surface area contributed by atoms with Crippen LogP contribution in [0.3, 0.4) is 0 Å². The van der Waals surface area contributed by atoms with Crippen molar-refractivity contribution in [2.45, 2.75) is 32.4 Å². The molecule has 3 aromatic rings. The van der Waals surface area contributed by atoms with Gasteiger partial charge in [0.15, 0.2) is 5.82 Å². The van der Waals surface area contributed by atoms with Gasteiger partial charge in [0, 0.05) is 11.6 Å². The van der Waals surface area contributed by atoms with Gasteiger partial charge in [0.1, 0.15) is 12.4 Å². The Morgan fingerprint density at radius 2 is 1.93 bits per heavy atom. The average molecular weight is 397 g/mol. The second-order valence-electron chi connectivity index (χ2n) is 6.80. The SMILES string of the molecule is Cc1nc([C@H]2CCCN2C(=O)OCc2ccccc2)n(-c2ccc(Cl)cc2)n1. The van der Waals surface area contributed by atoms with Crippen molar-refractivity contribution in [1.82, 2.24) is 19.7 Å². The summed E-state index contributed by atoms with van der Waals surface area (Å²) in [6, 6.07) is 16.9. The number of hydrogen-bond donors (Lipinski definition) is 0. The van der Waals surface area contributed by atoms with E-state index in [1.807, 2.05) is 61.5 Å². The monoisotopic (exact) mass is 396 g/mol. The number of nitrogens with zero attached hydrogens (tertiary/aromatic N) is 4. The lowest BCUT2D eigenvalue weighted by atomic mass is 10.2. The van der Waals surface area contributed by atoms with Crippen LogP contribution in [0.1, 0.15) is 36.1 Å². The number of carbonyl (C=O) groups is 1. The molecule has 144 valence electrons. The van der Waals surface area contributed by atoms with Gasteiger partial charge in [0.2, 0.25) is 0 Å². The second kappa shape index (κ2) is 8.02. The van der Waals surface area contributed by atoms with Crippen molar-refractivity contribution in [3.8, 4) is 5.69 Å². The van der Waals surface area contributed by atoms with Gasteiger partial charge in [-0.25, -0.2) is 14.5 Å². The van der Waals surface area contributed by atoms with E-state index in [0.717, 1.165) is 29.9 Å². The van der Waals surface area contributed by atoms with Crippen LogP contribution >= 0.6 is 11.6 Å². The van der Waals surface area contributed by atoms with E-state index in [-0.39, 0.29) is 18.7 Å². The first-order valence-electron chi connectivity index (χ1n) is 9.28. The van der Waals surface area contributed by atoms with E-state index in [1.165, 1.54) is 0 Å². The van der Waals surface area contributed by atoms with Crippen LogP contribution in [0.2, 0.25) is 5.02 Å². The van der Waals surface area contributed by atoms with Gasteiger partial charge in [0.05, 0.1) is 11.7 Å². The first-order valence-corrected chi connectivity index (χ1v) is 9.66. The fraction of sp³-hybridized carbons (Fsp3) is 0.286. The predicted octanol–water partition coefficient (Wildman–Crippen LogP) is 4.70. The zero-order valence-corrected chi connectivity index (χ0v) is 16.3. The summed E-state index contributed by atoms with van der Waals surface area (Å²) in [6.45, 7) is 2.75. The van der Waals surface area contributed by atoms with Gasteiger partial charge in [-0.3, -0.25) is 4.90 Å². The molecule has 4 rings (SSSR count). The Balaban J connectivity index is 1.55. The van der Waals surface area contributed by atoms with Crippen molar-refractivity contribution >= 4 is 17.7 Å². The minimum Gasteiger partial charge on any atom is -0.445 e. The number of rotatable bonds is 4. The summed E-state index contributed by atoms with van der Waals surface area (Å²) < 4.78 is 7.33. The van der Waals surface area contributed by atoms with Gasteiger partial charge in [-0.15, -0.1) is 0 Å². The zero-order valence-electron chi connectivity index (χ0n) is 15.6. The molecular weight excluding hydrogens is 376 g/mol. The van der Waals surface area contributed by atoms with E-state index < -0.39 is 0 Å². The molecule has 2 heterocycles. The number of aryl methyl sites for hydroxylation is 1. The Kier molecular flexibility index (Phi) is 5.30. The Morgan fingerprint density at radius 1 is 1.18 bits per heavy atom. The molecule has 1 amide bonds. The third-order valence-corrected chi connectivity index (χ3v) is 5.05. The minimum atomic E-state index is -0.324. The normalized spacial score (nSPS) is 16.4. The standard InChI is InChI=1S/C21H21ClN4O2/c1-15-23-20(26(24-15)18-11-9-17(22)10-12-18)19-8-5-13-25(19)21(27)28-14-16-6-3-2-4-7-16/h2-4,6-7,9-12,19H,5,8,13-14H2,1H3/t19-/m1/s1. The number of ether oxygens (including phenoxy) is 1. The highest BCUT2D eigenvalue weighted by Gasteiger charge is 2.35. The van der Waals surface area contributed by atoms with E-state index >= 15 is 0 Å². The van der Waals surface area contributed by atoms with Gasteiger partial charge in [-0.2, -0.15) is 5.10 Å². The number of hydrogen-bond acceptors (Lipinski definition) is 4. The molecule has 0 unspecified atom stereocenters. The molecule has 1 aliphatic rings. The van der Waals surface area contributed by atoms with Crippen molar-refractivity contribution in [3.63, 3.8) is 0 Å². The van der Waals surface area contributed by atoms with Crippen molar-refractivity contribution in [2.75, 3.05) is 6.54 Å². The van der Waals surface area contributed by atoms with Gasteiger partial charge >= 0.3 is 6.09 Å². The molecule has 0 N–H and O–H groups in total. The number of carbonyl (C=O) groups excluding carboxylic acids is 1. The smallest absolute Gasteiger partial charge is 0.410 e. The summed E-state index contributed by atoms with van der Waals surface area (Å²) in [4.78, 5) is 19.1. The highest BCUT2D eigenvalue weighted by molar-refractivity contribution is 6.30. The van der Waals surface area contributed by atoms with Crippen LogP contribution in [0.15, 0.2) is 54.6 Å². The molecule has 28 heavy (non-hydrogen) atoms. The fourth-order valence-corrected chi connectivity index (χ4v) is 3.60. The number of amides is 1. The number of aromatic nitrogens is 3. The highest BCUT2D eigenvalue weighted by atomic mass is 35.5. The molecule has 0 saturated carbocycles. The van der Waals surface area contributed by atoms with Crippen LogP contribution in [-0.2, 0) is 11.3 Å². The molecule has 6 nitrogen and oxygen atoms in total. The number of halogens is 1. The predicted molar refractivity (Wildman–Crippen MR) is 106 cm³/mol. The summed E-state index contributed by atoms with van der Waals surface area (Å²) >= 11 is 6.01. The van der Waals surface area contributed by atoms with Crippen LogP contribution in [0.25, 0.3) is 5.69 Å². The summed E-state index contributed by atoms with van der Waals surface area (Å²) in [5.74, 6) is 1.41. The third-order valence-electron chi connectivity index (χ3n) is 4.80. The van der Waals surface area contributed by atoms with Gasteiger partial charge < -0.3 is 4.74 Å². The molecule has 1 atom stereocenters. The third kappa shape index (κ3) is 3.87. The topological polar surface area (TPSA) is 60.3 Å². The largest absolute Gasteiger partial charge is 0.445 e. The van der Waals surface area contributed by atoms with Gasteiger partial charge in [0.25, 0.3) is 0 Å². The summed E-state index contributed by atoms with van der Waals surface area (Å²) in [5.41, 5.74) is 1.83. The van der Waals surface area contributed by atoms with Crippen molar-refractivity contribution in [3.05, 3.63) is 76.8 Å². The molecule has 1 aromatic heterocycles. The summed E-state index contributed by atoms with van der Waals surface area (Å²) in [5, 5.41) is 5.19. The van der Waals surface area contributed by atoms with E-state index in [4.69, 9.17) is 16.3 Å². The highest BCUT2D eigenvalue weighted by Crippen LogP contribution is 2.33. The Bertz CT molecular complexity index is 956. The molecule has 0 aliphatic carbocycles. The molecule has 0 spiro atoms. The maximum Gasteiger partial charge on any atom is 0.410 e. The Labute approximate surface area is 168 Å². The van der Waals surface area contributed by atoms with Crippen molar-refractivity contribution in [2.24, 2.45) is 0 Å². The van der Waals surface area contributed by atoms with E-state index in [2.05, 4.69) is 10.1 Å². The number of likely N-dealkylation sites (tertiary alicyclic amines) is 1. The lowest BCUT2D eigenvalue weighted by molar-refractivity contribution is 0.0905. The number of benzene rings is 2. The Morgan fingerprint density at radius 3 is 2.68 bits per heavy atom. The molecule has 0 radical (unpaired) electrons. The summed E-state index contributed by atoms with van der Waals surface area (Å²) in [6.07, 6.45) is 1.40. The molecule has 1 aliphatic heterocycles. The van der Waals surface area contributed by atoms with E-state index in [1.54, 1.807) is 9.58 Å². The lowest BCUT2D eigenvalue weighted by Crippen LogP contribution is -2.32. The minimum absolute atomic E-state index is 0.167. The molecular formula is C21H21ClN4O2. The van der Waals surface area contributed by atoms with Crippen LogP contribution in [0.4, 0.5) is 4.79 Å². The average Bonchev–Trinajstić information content (AvgIpc) is 3.34. The maximum absolute atomic E-state index is 12.7. The second-order valence-corrected chi connectivity index (χ2v) is 7.23. The summed E-state index contributed by atoms with van der Waals surface area (Å²) in [7, 11) is 0. The van der Waals surface area contributed by atoms with Crippen LogP contribution in [0, 0.1) is 6.92 Å². The molecule has 1 fully saturated rings. The molecule has 7 heteroatoms. The van der Waals surface area contributed by atoms with Crippen LogP contribution < -0.4 is 0 Å². The van der Waals surface area contributed by atoms with Crippen LogP contribution in [0.5, 0.6) is 0 Å². The van der Waals surface area contributed by atoms with Gasteiger partial charge in [-0.1, -0.05) is 41.9 Å². The molecule has 0 bridgehead atoms. The van der Waals surface area contributed by atoms with Gasteiger partial charge in [-0.05, 0) is 49.6 Å². The quantitative estimate of drug-likeness (QED) is 0.641. The van der Waals surface area contributed by atoms with E-state index in [0.29, 0.717) is 17.4 Å². The lowest BCUT2D eigenvalue weighted by Gasteiger charge is -2.23. The molecule has 1 saturated heterocycles. The van der Waals surface area contributed by atoms with Crippen molar-refractivity contribution in [1.29, 1.82) is 0 Å².